The van der Waals surface area contributed by atoms with Crippen LogP contribution >= 0.6 is 11.3 Å². The van der Waals surface area contributed by atoms with Crippen molar-refractivity contribution < 1.29 is 14.0 Å². The van der Waals surface area contributed by atoms with E-state index in [4.69, 9.17) is 0 Å². The summed E-state index contributed by atoms with van der Waals surface area (Å²) in [5.41, 5.74) is 0.413. The monoisotopic (exact) mass is 306 g/mol. The molecule has 21 heavy (non-hydrogen) atoms. The minimum absolute atomic E-state index is 0.103. The molecule has 1 aromatic heterocycles. The number of hydrogen-bond donors (Lipinski definition) is 2. The van der Waals surface area contributed by atoms with E-state index in [1.54, 1.807) is 18.2 Å². The first-order chi connectivity index (χ1) is 10.1. The van der Waals surface area contributed by atoms with Crippen molar-refractivity contribution in [2.24, 2.45) is 0 Å². The van der Waals surface area contributed by atoms with Gasteiger partial charge in [0.2, 0.25) is 11.8 Å². The SMILES string of the molecule is O=C(CNC(=O)Cc1cccs1)NCc1ccccc1F. The summed E-state index contributed by atoms with van der Waals surface area (Å²) in [7, 11) is 0. The van der Waals surface area contributed by atoms with Crippen LogP contribution in [0.4, 0.5) is 4.39 Å². The van der Waals surface area contributed by atoms with Crippen molar-refractivity contribution in [3.05, 3.63) is 58.0 Å². The summed E-state index contributed by atoms with van der Waals surface area (Å²) in [4.78, 5) is 24.1. The molecule has 0 aliphatic carbocycles. The average Bonchev–Trinajstić information content (AvgIpc) is 2.97. The third kappa shape index (κ3) is 5.00. The summed E-state index contributed by atoms with van der Waals surface area (Å²) in [6.45, 7) is -0.00897. The van der Waals surface area contributed by atoms with Crippen LogP contribution in [0.1, 0.15) is 10.4 Å². The van der Waals surface area contributed by atoms with Gasteiger partial charge in [-0.3, -0.25) is 9.59 Å². The van der Waals surface area contributed by atoms with Crippen molar-refractivity contribution in [1.29, 1.82) is 0 Å². The summed E-state index contributed by atoms with van der Waals surface area (Å²) in [5, 5.41) is 6.99. The molecule has 0 radical (unpaired) electrons. The molecule has 110 valence electrons. The number of carbonyl (C=O) groups is 2. The fraction of sp³-hybridized carbons (Fsp3) is 0.200. The Morgan fingerprint density at radius 3 is 2.57 bits per heavy atom. The lowest BCUT2D eigenvalue weighted by Gasteiger charge is -2.07. The Balaban J connectivity index is 1.70. The first kappa shape index (κ1) is 15.2. The highest BCUT2D eigenvalue weighted by Gasteiger charge is 2.08. The molecule has 6 heteroatoms. The van der Waals surface area contributed by atoms with Gasteiger partial charge in [-0.2, -0.15) is 0 Å². The van der Waals surface area contributed by atoms with Gasteiger partial charge in [-0.05, 0) is 17.5 Å². The zero-order valence-electron chi connectivity index (χ0n) is 11.3. The largest absolute Gasteiger partial charge is 0.350 e. The molecule has 0 bridgehead atoms. The van der Waals surface area contributed by atoms with Crippen LogP contribution < -0.4 is 10.6 Å². The van der Waals surface area contributed by atoms with Gasteiger partial charge in [-0.25, -0.2) is 4.39 Å². The Morgan fingerprint density at radius 2 is 1.86 bits per heavy atom. The van der Waals surface area contributed by atoms with Crippen molar-refractivity contribution >= 4 is 23.2 Å². The maximum Gasteiger partial charge on any atom is 0.239 e. The summed E-state index contributed by atoms with van der Waals surface area (Å²) in [5.74, 6) is -0.921. The van der Waals surface area contributed by atoms with Crippen LogP contribution in [-0.2, 0) is 22.6 Å². The summed E-state index contributed by atoms with van der Waals surface area (Å²) < 4.78 is 13.3. The minimum atomic E-state index is -0.362. The van der Waals surface area contributed by atoms with E-state index < -0.39 is 0 Å². The fourth-order valence-electron chi connectivity index (χ4n) is 1.71. The van der Waals surface area contributed by atoms with E-state index in [1.165, 1.54) is 17.4 Å². The molecule has 2 amide bonds. The minimum Gasteiger partial charge on any atom is -0.350 e. The van der Waals surface area contributed by atoms with Gasteiger partial charge in [0.15, 0.2) is 0 Å². The Labute approximate surface area is 126 Å². The van der Waals surface area contributed by atoms with E-state index in [0.717, 1.165) is 4.88 Å². The van der Waals surface area contributed by atoms with E-state index in [9.17, 15) is 14.0 Å². The van der Waals surface area contributed by atoms with Gasteiger partial charge in [0, 0.05) is 17.0 Å². The van der Waals surface area contributed by atoms with Crippen LogP contribution in [0, 0.1) is 5.82 Å². The van der Waals surface area contributed by atoms with Crippen LogP contribution in [0.25, 0.3) is 0 Å². The predicted octanol–water partition coefficient (Wildman–Crippen LogP) is 1.86. The zero-order valence-corrected chi connectivity index (χ0v) is 12.1. The number of thiophene rings is 1. The lowest BCUT2D eigenvalue weighted by molar-refractivity contribution is -0.125. The molecule has 0 atom stereocenters. The first-order valence-corrected chi connectivity index (χ1v) is 7.32. The molecule has 0 spiro atoms. The van der Waals surface area contributed by atoms with Crippen LogP contribution in [0.15, 0.2) is 41.8 Å². The highest BCUT2D eigenvalue weighted by atomic mass is 32.1. The van der Waals surface area contributed by atoms with Crippen LogP contribution in [0.3, 0.4) is 0 Å². The topological polar surface area (TPSA) is 58.2 Å². The maximum atomic E-state index is 13.3. The van der Waals surface area contributed by atoms with E-state index in [2.05, 4.69) is 10.6 Å². The molecule has 2 aromatic rings. The van der Waals surface area contributed by atoms with Crippen molar-refractivity contribution in [2.75, 3.05) is 6.54 Å². The van der Waals surface area contributed by atoms with Gasteiger partial charge >= 0.3 is 0 Å². The quantitative estimate of drug-likeness (QED) is 0.856. The van der Waals surface area contributed by atoms with Crippen molar-refractivity contribution in [3.8, 4) is 0 Å². The van der Waals surface area contributed by atoms with E-state index >= 15 is 0 Å². The van der Waals surface area contributed by atoms with Crippen LogP contribution in [0.5, 0.6) is 0 Å². The van der Waals surface area contributed by atoms with Crippen LogP contribution in [-0.4, -0.2) is 18.4 Å². The van der Waals surface area contributed by atoms with Crippen molar-refractivity contribution in [2.45, 2.75) is 13.0 Å². The van der Waals surface area contributed by atoms with Gasteiger partial charge in [0.05, 0.1) is 13.0 Å². The lowest BCUT2D eigenvalue weighted by atomic mass is 10.2. The predicted molar refractivity (Wildman–Crippen MR) is 79.3 cm³/mol. The molecule has 1 aromatic carbocycles. The van der Waals surface area contributed by atoms with Gasteiger partial charge < -0.3 is 10.6 Å². The van der Waals surface area contributed by atoms with E-state index in [-0.39, 0.29) is 37.1 Å². The summed E-state index contributed by atoms with van der Waals surface area (Å²) in [6, 6.07) is 9.96. The number of hydrogen-bond acceptors (Lipinski definition) is 3. The van der Waals surface area contributed by atoms with E-state index in [1.807, 2.05) is 17.5 Å². The molecule has 2 N–H and O–H groups in total. The Morgan fingerprint density at radius 1 is 1.05 bits per heavy atom. The van der Waals surface area contributed by atoms with Gasteiger partial charge in [0.25, 0.3) is 0 Å². The molecule has 0 fully saturated rings. The molecule has 1 heterocycles. The number of amides is 2. The molecule has 0 unspecified atom stereocenters. The van der Waals surface area contributed by atoms with E-state index in [0.29, 0.717) is 5.56 Å². The fourth-order valence-corrected chi connectivity index (χ4v) is 2.41. The second kappa shape index (κ2) is 7.54. The number of halogens is 1. The second-order valence-electron chi connectivity index (χ2n) is 4.40. The van der Waals surface area contributed by atoms with Gasteiger partial charge in [-0.15, -0.1) is 11.3 Å². The number of rotatable bonds is 6. The molecule has 0 saturated carbocycles. The Bertz CT molecular complexity index is 614. The number of benzene rings is 1. The summed E-state index contributed by atoms with van der Waals surface area (Å²) in [6.07, 6.45) is 0.262. The first-order valence-electron chi connectivity index (χ1n) is 6.44. The maximum absolute atomic E-state index is 13.3. The third-order valence-corrected chi connectivity index (χ3v) is 3.67. The molecular weight excluding hydrogens is 291 g/mol. The Hall–Kier alpha value is -2.21. The van der Waals surface area contributed by atoms with Crippen molar-refractivity contribution in [3.63, 3.8) is 0 Å². The average molecular weight is 306 g/mol. The van der Waals surface area contributed by atoms with Gasteiger partial charge in [-0.1, -0.05) is 24.3 Å². The van der Waals surface area contributed by atoms with Gasteiger partial charge in [0.1, 0.15) is 5.82 Å². The molecule has 4 nitrogen and oxygen atoms in total. The molecule has 0 saturated heterocycles. The summed E-state index contributed by atoms with van der Waals surface area (Å²) >= 11 is 1.49. The molecule has 2 rings (SSSR count). The van der Waals surface area contributed by atoms with Crippen LogP contribution in [0.2, 0.25) is 0 Å². The third-order valence-electron chi connectivity index (χ3n) is 2.79. The zero-order chi connectivity index (χ0) is 15.1. The smallest absolute Gasteiger partial charge is 0.239 e. The standard InChI is InChI=1S/C15H15FN2O2S/c16-13-6-2-1-4-11(13)9-17-15(20)10-18-14(19)8-12-5-3-7-21-12/h1-7H,8-10H2,(H,17,20)(H,18,19). The second-order valence-corrected chi connectivity index (χ2v) is 5.43. The van der Waals surface area contributed by atoms with Crippen molar-refractivity contribution in [1.82, 2.24) is 10.6 Å². The highest BCUT2D eigenvalue weighted by molar-refractivity contribution is 7.10. The normalized spacial score (nSPS) is 10.1. The lowest BCUT2D eigenvalue weighted by Crippen LogP contribution is -2.37. The number of carbonyl (C=O) groups excluding carboxylic acids is 2. The highest BCUT2D eigenvalue weighted by Crippen LogP contribution is 2.08. The number of nitrogens with one attached hydrogen (secondary N) is 2. The Kier molecular flexibility index (Phi) is 5.45. The molecule has 0 aliphatic heterocycles. The molecular formula is C15H15FN2O2S. The molecule has 0 aliphatic rings.